The Morgan fingerprint density at radius 1 is 1.25 bits per heavy atom. The topological polar surface area (TPSA) is 97.2 Å². The summed E-state index contributed by atoms with van der Waals surface area (Å²) in [6.45, 7) is 12.5. The van der Waals surface area contributed by atoms with E-state index in [0.29, 0.717) is 11.0 Å². The molecule has 8 nitrogen and oxygen atoms in total. The van der Waals surface area contributed by atoms with E-state index in [0.717, 1.165) is 34.7 Å². The number of nitrogens with one attached hydrogen (secondary N) is 2. The highest BCUT2D eigenvalue weighted by atomic mass is 32.1. The quantitative estimate of drug-likeness (QED) is 0.453. The first kappa shape index (κ1) is 22.4. The number of aromatic amines is 1. The summed E-state index contributed by atoms with van der Waals surface area (Å²) in [5.74, 6) is 0.580. The molecular weight excluding hydrogens is 424 g/mol. The highest BCUT2D eigenvalue weighted by molar-refractivity contribution is 7.17. The van der Waals surface area contributed by atoms with Crippen LogP contribution in [0.5, 0.6) is 5.19 Å². The molecule has 0 saturated carbocycles. The zero-order valence-electron chi connectivity index (χ0n) is 19.4. The summed E-state index contributed by atoms with van der Waals surface area (Å²) in [6.07, 6.45) is 7.08. The molecule has 2 N–H and O–H groups in total. The number of aliphatic imine (C=N–C) groups is 1. The lowest BCUT2D eigenvalue weighted by Crippen LogP contribution is -2.60. The van der Waals surface area contributed by atoms with E-state index in [-0.39, 0.29) is 22.7 Å². The molecule has 0 atom stereocenters. The van der Waals surface area contributed by atoms with Gasteiger partial charge >= 0.3 is 0 Å². The van der Waals surface area contributed by atoms with Crippen molar-refractivity contribution in [1.82, 2.24) is 25.1 Å². The first-order valence-electron chi connectivity index (χ1n) is 10.7. The second kappa shape index (κ2) is 8.29. The Kier molecular flexibility index (Phi) is 5.81. The molecule has 0 bridgehead atoms. The van der Waals surface area contributed by atoms with Crippen molar-refractivity contribution in [3.05, 3.63) is 46.8 Å². The molecule has 0 radical (unpaired) electrons. The van der Waals surface area contributed by atoms with Crippen molar-refractivity contribution < 1.29 is 4.74 Å². The van der Waals surface area contributed by atoms with Crippen molar-refractivity contribution in [1.29, 1.82) is 0 Å². The first-order chi connectivity index (χ1) is 15.0. The lowest BCUT2D eigenvalue weighted by molar-refractivity contribution is 0.0557. The molecule has 0 aliphatic carbocycles. The molecular formula is C23H30N6O2S. The Bertz CT molecular complexity index is 1170. The lowest BCUT2D eigenvalue weighted by atomic mass is 9.81. The number of piperidine rings is 1. The third-order valence-corrected chi connectivity index (χ3v) is 6.48. The molecule has 3 aromatic rings. The van der Waals surface area contributed by atoms with E-state index in [1.54, 1.807) is 24.7 Å². The molecule has 32 heavy (non-hydrogen) atoms. The second-order valence-corrected chi connectivity index (χ2v) is 10.6. The van der Waals surface area contributed by atoms with Crippen LogP contribution in [0.2, 0.25) is 0 Å². The molecule has 4 heterocycles. The van der Waals surface area contributed by atoms with Crippen LogP contribution in [0.1, 0.15) is 53.2 Å². The number of aromatic nitrogens is 4. The number of nitrogens with zero attached hydrogens (tertiary/aromatic N) is 4. The molecule has 3 aromatic heterocycles. The Morgan fingerprint density at radius 2 is 1.97 bits per heavy atom. The highest BCUT2D eigenvalue weighted by Gasteiger charge is 2.39. The van der Waals surface area contributed by atoms with Gasteiger partial charge in [-0.15, -0.1) is 0 Å². The maximum Gasteiger partial charge on any atom is 0.275 e. The van der Waals surface area contributed by atoms with E-state index in [2.05, 4.69) is 53.2 Å². The van der Waals surface area contributed by atoms with Gasteiger partial charge in [0.15, 0.2) is 0 Å². The van der Waals surface area contributed by atoms with Crippen LogP contribution in [-0.2, 0) is 0 Å². The SMILES string of the molecule is C/C(=N\c1sc(OC2CC(C)(C)NC(C)(C)C2)nc1C)n1ccc(-c2cn[nH]c2)cc1=O. The minimum absolute atomic E-state index is 0.0000801. The Labute approximate surface area is 191 Å². The largest absolute Gasteiger partial charge is 0.467 e. The number of pyridine rings is 1. The minimum Gasteiger partial charge on any atom is -0.467 e. The van der Waals surface area contributed by atoms with E-state index in [1.165, 1.54) is 15.9 Å². The predicted molar refractivity (Wildman–Crippen MR) is 128 cm³/mol. The predicted octanol–water partition coefficient (Wildman–Crippen LogP) is 4.29. The monoisotopic (exact) mass is 454 g/mol. The van der Waals surface area contributed by atoms with E-state index in [1.807, 2.05) is 19.9 Å². The third kappa shape index (κ3) is 4.99. The van der Waals surface area contributed by atoms with Gasteiger partial charge in [0.2, 0.25) is 0 Å². The van der Waals surface area contributed by atoms with Crippen molar-refractivity contribution in [2.75, 3.05) is 0 Å². The molecule has 1 aliphatic rings. The second-order valence-electron chi connectivity index (χ2n) is 9.68. The fourth-order valence-corrected chi connectivity index (χ4v) is 5.41. The zero-order chi connectivity index (χ0) is 23.1. The molecule has 170 valence electrons. The van der Waals surface area contributed by atoms with Crippen molar-refractivity contribution in [3.8, 4) is 16.3 Å². The molecule has 1 aliphatic heterocycles. The van der Waals surface area contributed by atoms with Crippen LogP contribution in [0.15, 0.2) is 40.5 Å². The fourth-order valence-electron chi connectivity index (χ4n) is 4.51. The Morgan fingerprint density at radius 3 is 2.59 bits per heavy atom. The van der Waals surface area contributed by atoms with Crippen molar-refractivity contribution in [2.45, 2.75) is 71.6 Å². The van der Waals surface area contributed by atoms with Crippen LogP contribution in [-0.4, -0.2) is 42.8 Å². The molecule has 9 heteroatoms. The van der Waals surface area contributed by atoms with Crippen LogP contribution in [0.25, 0.3) is 11.1 Å². The zero-order valence-corrected chi connectivity index (χ0v) is 20.2. The van der Waals surface area contributed by atoms with Gasteiger partial charge in [0, 0.05) is 47.9 Å². The smallest absolute Gasteiger partial charge is 0.275 e. The lowest BCUT2D eigenvalue weighted by Gasteiger charge is -2.45. The summed E-state index contributed by atoms with van der Waals surface area (Å²) in [5, 5.41) is 11.7. The van der Waals surface area contributed by atoms with E-state index < -0.39 is 0 Å². The number of thiazole rings is 1. The third-order valence-electron chi connectivity index (χ3n) is 5.54. The summed E-state index contributed by atoms with van der Waals surface area (Å²) >= 11 is 1.41. The normalized spacial score (nSPS) is 18.6. The molecule has 0 amide bonds. The first-order valence-corrected chi connectivity index (χ1v) is 11.5. The average molecular weight is 455 g/mol. The Balaban J connectivity index is 1.53. The van der Waals surface area contributed by atoms with Gasteiger partial charge in [-0.2, -0.15) is 5.10 Å². The molecule has 0 unspecified atom stereocenters. The van der Waals surface area contributed by atoms with Gasteiger partial charge in [-0.25, -0.2) is 9.98 Å². The van der Waals surface area contributed by atoms with Gasteiger partial charge in [-0.05, 0) is 53.2 Å². The average Bonchev–Trinajstić information content (AvgIpc) is 3.29. The van der Waals surface area contributed by atoms with Gasteiger partial charge in [0.05, 0.1) is 11.9 Å². The number of H-pyrrole nitrogens is 1. The van der Waals surface area contributed by atoms with Crippen LogP contribution < -0.4 is 15.6 Å². The Hall–Kier alpha value is -2.78. The van der Waals surface area contributed by atoms with Crippen molar-refractivity contribution in [2.24, 2.45) is 4.99 Å². The number of rotatable bonds is 4. The molecule has 0 spiro atoms. The van der Waals surface area contributed by atoms with Gasteiger partial charge in [0.1, 0.15) is 16.9 Å². The van der Waals surface area contributed by atoms with E-state index in [4.69, 9.17) is 4.74 Å². The van der Waals surface area contributed by atoms with Gasteiger partial charge < -0.3 is 10.1 Å². The van der Waals surface area contributed by atoms with Crippen molar-refractivity contribution >= 4 is 22.2 Å². The molecule has 1 saturated heterocycles. The fraction of sp³-hybridized carbons (Fsp3) is 0.478. The number of hydrogen-bond acceptors (Lipinski definition) is 7. The van der Waals surface area contributed by atoms with Gasteiger partial charge in [0.25, 0.3) is 10.8 Å². The van der Waals surface area contributed by atoms with Crippen LogP contribution in [0.4, 0.5) is 5.00 Å². The van der Waals surface area contributed by atoms with Crippen LogP contribution in [0.3, 0.4) is 0 Å². The number of aryl methyl sites for hydroxylation is 1. The molecule has 1 fully saturated rings. The molecule has 4 rings (SSSR count). The van der Waals surface area contributed by atoms with Crippen LogP contribution in [0, 0.1) is 6.92 Å². The molecule has 0 aromatic carbocycles. The number of hydrogen-bond donors (Lipinski definition) is 2. The summed E-state index contributed by atoms with van der Waals surface area (Å²) in [4.78, 5) is 21.9. The maximum atomic E-state index is 12.7. The van der Waals surface area contributed by atoms with E-state index in [9.17, 15) is 4.79 Å². The minimum atomic E-state index is -0.150. The van der Waals surface area contributed by atoms with Crippen molar-refractivity contribution in [3.63, 3.8) is 0 Å². The standard InChI is InChI=1S/C23H30N6O2S/c1-14-20(32-21(26-14)31-18-10-22(3,4)28-23(5,6)11-18)27-15(2)29-8-7-16(9-19(29)30)17-12-24-25-13-17/h7-9,12-13,18,28H,10-11H2,1-6H3,(H,24,25)/b27-15+. The summed E-state index contributed by atoms with van der Waals surface area (Å²) in [5.41, 5.74) is 2.32. The highest BCUT2D eigenvalue weighted by Crippen LogP contribution is 2.36. The van der Waals surface area contributed by atoms with Gasteiger partial charge in [-0.3, -0.25) is 14.5 Å². The summed E-state index contributed by atoms with van der Waals surface area (Å²) < 4.78 is 7.81. The van der Waals surface area contributed by atoms with E-state index >= 15 is 0 Å². The summed E-state index contributed by atoms with van der Waals surface area (Å²) in [7, 11) is 0. The van der Waals surface area contributed by atoms with Crippen LogP contribution >= 0.6 is 11.3 Å². The maximum absolute atomic E-state index is 12.7. The number of ether oxygens (including phenoxy) is 1. The van der Waals surface area contributed by atoms with Gasteiger partial charge in [-0.1, -0.05) is 11.3 Å². The summed E-state index contributed by atoms with van der Waals surface area (Å²) in [6, 6.07) is 3.46.